The Morgan fingerprint density at radius 3 is 2.22 bits per heavy atom. The molecule has 1 aromatic heterocycles. The third-order valence-electron chi connectivity index (χ3n) is 3.62. The molecule has 0 aromatic carbocycles. The Balaban J connectivity index is 3.09. The van der Waals surface area contributed by atoms with Crippen molar-refractivity contribution >= 4 is 0 Å². The fourth-order valence-electron chi connectivity index (χ4n) is 1.90. The zero-order valence-electron chi connectivity index (χ0n) is 12.1. The van der Waals surface area contributed by atoms with Crippen molar-refractivity contribution in [2.24, 2.45) is 5.73 Å². The van der Waals surface area contributed by atoms with E-state index in [2.05, 4.69) is 24.0 Å². The molecule has 0 saturated carbocycles. The third-order valence-corrected chi connectivity index (χ3v) is 3.62. The van der Waals surface area contributed by atoms with Crippen LogP contribution in [0.3, 0.4) is 0 Å². The highest BCUT2D eigenvalue weighted by molar-refractivity contribution is 5.05. The largest absolute Gasteiger partial charge is 0.367 e. The van der Waals surface area contributed by atoms with Crippen molar-refractivity contribution in [3.05, 3.63) is 11.7 Å². The lowest BCUT2D eigenvalue weighted by Crippen LogP contribution is -2.33. The maximum absolute atomic E-state index is 6.11. The van der Waals surface area contributed by atoms with Gasteiger partial charge >= 0.3 is 0 Å². The quantitative estimate of drug-likeness (QED) is 0.810. The van der Waals surface area contributed by atoms with Gasteiger partial charge in [-0.1, -0.05) is 25.9 Å². The molecule has 0 fully saturated rings. The summed E-state index contributed by atoms with van der Waals surface area (Å²) in [6, 6.07) is 0. The lowest BCUT2D eigenvalue weighted by atomic mass is 9.95. The molecule has 1 atom stereocenters. The first-order chi connectivity index (χ1) is 8.45. The first-order valence-electron chi connectivity index (χ1n) is 6.73. The van der Waals surface area contributed by atoms with Crippen LogP contribution in [0, 0.1) is 0 Å². The highest BCUT2D eigenvalue weighted by Gasteiger charge is 2.36. The molecule has 0 bridgehead atoms. The molecule has 18 heavy (non-hydrogen) atoms. The zero-order chi connectivity index (χ0) is 13.8. The fourth-order valence-corrected chi connectivity index (χ4v) is 1.90. The van der Waals surface area contributed by atoms with E-state index in [0.717, 1.165) is 19.3 Å². The highest BCUT2D eigenvalue weighted by atomic mass is 16.5. The molecule has 0 saturated heterocycles. The summed E-state index contributed by atoms with van der Waals surface area (Å²) in [6.45, 7) is 10.6. The lowest BCUT2D eigenvalue weighted by Gasteiger charge is -2.27. The van der Waals surface area contributed by atoms with E-state index in [1.165, 1.54) is 0 Å². The van der Waals surface area contributed by atoms with E-state index in [0.29, 0.717) is 18.3 Å². The number of rotatable bonds is 7. The molecule has 0 aliphatic heterocycles. The van der Waals surface area contributed by atoms with Crippen LogP contribution in [0.15, 0.2) is 4.52 Å². The van der Waals surface area contributed by atoms with Crippen molar-refractivity contribution in [2.75, 3.05) is 6.61 Å². The summed E-state index contributed by atoms with van der Waals surface area (Å²) in [5, 5.41) is 4.07. The van der Waals surface area contributed by atoms with Gasteiger partial charge in [0.25, 0.3) is 0 Å². The number of ether oxygens (including phenoxy) is 1. The minimum absolute atomic E-state index is 0.458. The van der Waals surface area contributed by atoms with Crippen LogP contribution in [0.2, 0.25) is 0 Å². The summed E-state index contributed by atoms with van der Waals surface area (Å²) in [5.41, 5.74) is 5.08. The van der Waals surface area contributed by atoms with Gasteiger partial charge in [0.1, 0.15) is 5.60 Å². The Bertz CT molecular complexity index is 370. The van der Waals surface area contributed by atoms with Gasteiger partial charge in [0.15, 0.2) is 0 Å². The van der Waals surface area contributed by atoms with Gasteiger partial charge in [0.05, 0.1) is 5.54 Å². The predicted molar refractivity (Wildman–Crippen MR) is 70.0 cm³/mol. The monoisotopic (exact) mass is 255 g/mol. The average molecular weight is 255 g/mol. The summed E-state index contributed by atoms with van der Waals surface area (Å²) >= 11 is 0. The minimum atomic E-state index is -0.579. The van der Waals surface area contributed by atoms with E-state index < -0.39 is 11.1 Å². The van der Waals surface area contributed by atoms with Crippen molar-refractivity contribution in [1.82, 2.24) is 10.1 Å². The maximum atomic E-state index is 6.11. The summed E-state index contributed by atoms with van der Waals surface area (Å²) in [6.07, 6.45) is 2.36. The second-order valence-corrected chi connectivity index (χ2v) is 4.83. The molecule has 5 nitrogen and oxygen atoms in total. The standard InChI is InChI=1S/C13H25N3O2/c1-6-12(5,14)11-15-10(16-18-11)13(7-2,8-3)17-9-4/h6-9,14H2,1-5H3. The minimum Gasteiger partial charge on any atom is -0.367 e. The molecule has 0 spiro atoms. The first-order valence-corrected chi connectivity index (χ1v) is 6.73. The average Bonchev–Trinajstić information content (AvgIpc) is 2.87. The van der Waals surface area contributed by atoms with Gasteiger partial charge in [-0.05, 0) is 33.1 Å². The molecule has 0 radical (unpaired) electrons. The molecule has 1 aromatic rings. The first kappa shape index (κ1) is 15.1. The van der Waals surface area contributed by atoms with E-state index in [1.807, 2.05) is 20.8 Å². The van der Waals surface area contributed by atoms with E-state index in [4.69, 9.17) is 15.0 Å². The molecule has 1 rings (SSSR count). The maximum Gasteiger partial charge on any atom is 0.246 e. The number of nitrogens with two attached hydrogens (primary N) is 1. The summed E-state index contributed by atoms with van der Waals surface area (Å²) in [4.78, 5) is 4.46. The Hall–Kier alpha value is -0.940. The number of nitrogens with zero attached hydrogens (tertiary/aromatic N) is 2. The van der Waals surface area contributed by atoms with Crippen molar-refractivity contribution in [3.8, 4) is 0 Å². The molecule has 1 unspecified atom stereocenters. The molecular formula is C13H25N3O2. The van der Waals surface area contributed by atoms with E-state index in [1.54, 1.807) is 0 Å². The fraction of sp³-hybridized carbons (Fsp3) is 0.846. The van der Waals surface area contributed by atoms with Crippen LogP contribution < -0.4 is 5.73 Å². The normalized spacial score (nSPS) is 15.7. The van der Waals surface area contributed by atoms with Gasteiger partial charge in [-0.3, -0.25) is 0 Å². The summed E-state index contributed by atoms with van der Waals surface area (Å²) in [7, 11) is 0. The van der Waals surface area contributed by atoms with Gasteiger partial charge in [-0.2, -0.15) is 4.98 Å². The topological polar surface area (TPSA) is 74.2 Å². The molecular weight excluding hydrogens is 230 g/mol. The highest BCUT2D eigenvalue weighted by Crippen LogP contribution is 2.32. The molecule has 0 aliphatic rings. The van der Waals surface area contributed by atoms with Crippen molar-refractivity contribution in [1.29, 1.82) is 0 Å². The van der Waals surface area contributed by atoms with Crippen LogP contribution in [0.25, 0.3) is 0 Å². The third kappa shape index (κ3) is 2.72. The van der Waals surface area contributed by atoms with Gasteiger partial charge in [-0.15, -0.1) is 0 Å². The predicted octanol–water partition coefficient (Wildman–Crippen LogP) is 2.71. The molecule has 1 heterocycles. The van der Waals surface area contributed by atoms with E-state index >= 15 is 0 Å². The number of aromatic nitrogens is 2. The van der Waals surface area contributed by atoms with Gasteiger partial charge in [0, 0.05) is 6.61 Å². The Labute approximate surface area is 109 Å². The molecule has 5 heteroatoms. The van der Waals surface area contributed by atoms with Crippen LogP contribution in [0.5, 0.6) is 0 Å². The second-order valence-electron chi connectivity index (χ2n) is 4.83. The van der Waals surface area contributed by atoms with Crippen LogP contribution in [-0.4, -0.2) is 16.7 Å². The van der Waals surface area contributed by atoms with Crippen molar-refractivity contribution < 1.29 is 9.26 Å². The van der Waals surface area contributed by atoms with Gasteiger partial charge < -0.3 is 15.0 Å². The lowest BCUT2D eigenvalue weighted by molar-refractivity contribution is -0.0583. The second kappa shape index (κ2) is 5.80. The Kier molecular flexibility index (Phi) is 4.87. The van der Waals surface area contributed by atoms with Crippen LogP contribution in [0.1, 0.15) is 65.6 Å². The zero-order valence-corrected chi connectivity index (χ0v) is 12.1. The van der Waals surface area contributed by atoms with Crippen molar-refractivity contribution in [2.45, 2.75) is 65.0 Å². The SMILES string of the molecule is CCOC(CC)(CC)c1noc(C(C)(N)CC)n1. The van der Waals surface area contributed by atoms with E-state index in [-0.39, 0.29) is 0 Å². The van der Waals surface area contributed by atoms with Gasteiger partial charge in [0.2, 0.25) is 11.7 Å². The molecule has 104 valence electrons. The summed E-state index contributed by atoms with van der Waals surface area (Å²) < 4.78 is 11.2. The number of hydrogen-bond donors (Lipinski definition) is 1. The van der Waals surface area contributed by atoms with Gasteiger partial charge in [-0.25, -0.2) is 0 Å². The van der Waals surface area contributed by atoms with Crippen LogP contribution in [-0.2, 0) is 15.9 Å². The molecule has 0 amide bonds. The summed E-state index contributed by atoms with van der Waals surface area (Å²) in [5.74, 6) is 1.08. The number of hydrogen-bond acceptors (Lipinski definition) is 5. The Morgan fingerprint density at radius 2 is 1.78 bits per heavy atom. The van der Waals surface area contributed by atoms with Crippen LogP contribution in [0.4, 0.5) is 0 Å². The van der Waals surface area contributed by atoms with E-state index in [9.17, 15) is 0 Å². The van der Waals surface area contributed by atoms with Crippen LogP contribution >= 0.6 is 0 Å². The Morgan fingerprint density at radius 1 is 1.17 bits per heavy atom. The molecule has 2 N–H and O–H groups in total. The van der Waals surface area contributed by atoms with Crippen molar-refractivity contribution in [3.63, 3.8) is 0 Å². The molecule has 0 aliphatic carbocycles. The smallest absolute Gasteiger partial charge is 0.246 e.